The van der Waals surface area contributed by atoms with E-state index >= 15 is 0 Å². The molecule has 0 spiro atoms. The van der Waals surface area contributed by atoms with E-state index in [0.29, 0.717) is 5.25 Å². The monoisotopic (exact) mass is 295 g/mol. The Morgan fingerprint density at radius 1 is 1.35 bits per heavy atom. The quantitative estimate of drug-likeness (QED) is 0.783. The van der Waals surface area contributed by atoms with Crippen LogP contribution in [-0.2, 0) is 16.0 Å². The first-order valence-electron chi connectivity index (χ1n) is 7.33. The Labute approximate surface area is 126 Å². The second-order valence-corrected chi connectivity index (χ2v) is 6.55. The molecule has 0 aliphatic carbocycles. The van der Waals surface area contributed by atoms with Crippen molar-refractivity contribution in [2.24, 2.45) is 0 Å². The number of thioether (sulfide) groups is 1. The van der Waals surface area contributed by atoms with Gasteiger partial charge in [0.05, 0.1) is 6.61 Å². The van der Waals surface area contributed by atoms with E-state index in [1.807, 2.05) is 11.8 Å². The maximum Gasteiger partial charge on any atom is 0.0587 e. The zero-order valence-electron chi connectivity index (χ0n) is 12.5. The highest BCUT2D eigenvalue weighted by molar-refractivity contribution is 8.00. The van der Waals surface area contributed by atoms with Crippen LogP contribution in [0.25, 0.3) is 0 Å². The standard InChI is InChI=1S/C16H25NO2S/c1-13-3-4-16(20-15-5-8-19-9-6-15)14(11-13)12-17-7-10-18-2/h3-4,11,15,17H,5-10,12H2,1-2H3. The SMILES string of the molecule is COCCNCc1cc(C)ccc1SC1CCOCC1. The highest BCUT2D eigenvalue weighted by Crippen LogP contribution is 2.32. The summed E-state index contributed by atoms with van der Waals surface area (Å²) in [5.41, 5.74) is 2.72. The van der Waals surface area contributed by atoms with Crippen LogP contribution in [0.3, 0.4) is 0 Å². The Kier molecular flexibility index (Phi) is 6.87. The molecule has 0 saturated carbocycles. The fraction of sp³-hybridized carbons (Fsp3) is 0.625. The third-order valence-electron chi connectivity index (χ3n) is 3.48. The summed E-state index contributed by atoms with van der Waals surface area (Å²) in [7, 11) is 1.74. The van der Waals surface area contributed by atoms with Crippen molar-refractivity contribution in [3.05, 3.63) is 29.3 Å². The summed E-state index contributed by atoms with van der Waals surface area (Å²) in [6, 6.07) is 6.77. The Bertz CT molecular complexity index is 405. The first kappa shape index (κ1) is 15.8. The van der Waals surface area contributed by atoms with Gasteiger partial charge in [-0.05, 0) is 31.4 Å². The van der Waals surface area contributed by atoms with Gasteiger partial charge in [-0.15, -0.1) is 11.8 Å². The van der Waals surface area contributed by atoms with Crippen molar-refractivity contribution in [1.29, 1.82) is 0 Å². The van der Waals surface area contributed by atoms with Crippen LogP contribution in [-0.4, -0.2) is 38.7 Å². The molecule has 1 aromatic rings. The molecular weight excluding hydrogens is 270 g/mol. The topological polar surface area (TPSA) is 30.5 Å². The molecule has 4 heteroatoms. The molecule has 3 nitrogen and oxygen atoms in total. The van der Waals surface area contributed by atoms with Gasteiger partial charge in [-0.25, -0.2) is 0 Å². The fourth-order valence-corrected chi connectivity index (χ4v) is 3.55. The summed E-state index contributed by atoms with van der Waals surface area (Å²) in [5.74, 6) is 0. The highest BCUT2D eigenvalue weighted by Gasteiger charge is 2.16. The van der Waals surface area contributed by atoms with E-state index in [9.17, 15) is 0 Å². The molecule has 20 heavy (non-hydrogen) atoms. The summed E-state index contributed by atoms with van der Waals surface area (Å²) in [5, 5.41) is 4.14. The molecule has 0 amide bonds. The third-order valence-corrected chi connectivity index (χ3v) is 4.93. The minimum atomic E-state index is 0.698. The van der Waals surface area contributed by atoms with E-state index in [2.05, 4.69) is 30.4 Å². The molecule has 1 saturated heterocycles. The molecule has 1 heterocycles. The van der Waals surface area contributed by atoms with Gasteiger partial charge in [-0.1, -0.05) is 17.7 Å². The molecule has 2 rings (SSSR count). The third kappa shape index (κ3) is 5.09. The lowest BCUT2D eigenvalue weighted by atomic mass is 10.1. The van der Waals surface area contributed by atoms with Crippen molar-refractivity contribution in [3.8, 4) is 0 Å². The maximum absolute atomic E-state index is 5.44. The first-order valence-corrected chi connectivity index (χ1v) is 8.21. The molecule has 0 unspecified atom stereocenters. The predicted octanol–water partition coefficient (Wildman–Crippen LogP) is 3.00. The summed E-state index contributed by atoms with van der Waals surface area (Å²) in [6.07, 6.45) is 2.32. The lowest BCUT2D eigenvalue weighted by Crippen LogP contribution is -2.20. The minimum absolute atomic E-state index is 0.698. The van der Waals surface area contributed by atoms with E-state index in [1.54, 1.807) is 7.11 Å². The zero-order chi connectivity index (χ0) is 14.2. The molecule has 1 fully saturated rings. The summed E-state index contributed by atoms with van der Waals surface area (Å²) in [6.45, 7) is 6.54. The Balaban J connectivity index is 1.95. The van der Waals surface area contributed by atoms with E-state index in [4.69, 9.17) is 9.47 Å². The van der Waals surface area contributed by atoms with Gasteiger partial charge in [0, 0.05) is 43.6 Å². The van der Waals surface area contributed by atoms with Crippen LogP contribution in [0.5, 0.6) is 0 Å². The van der Waals surface area contributed by atoms with Crippen LogP contribution in [0, 0.1) is 6.92 Å². The van der Waals surface area contributed by atoms with Crippen molar-refractivity contribution >= 4 is 11.8 Å². The smallest absolute Gasteiger partial charge is 0.0587 e. The average molecular weight is 295 g/mol. The summed E-state index contributed by atoms with van der Waals surface area (Å²) < 4.78 is 10.5. The second kappa shape index (κ2) is 8.67. The Morgan fingerprint density at radius 2 is 2.15 bits per heavy atom. The number of nitrogens with one attached hydrogen (secondary N) is 1. The highest BCUT2D eigenvalue weighted by atomic mass is 32.2. The van der Waals surface area contributed by atoms with Gasteiger partial charge < -0.3 is 14.8 Å². The number of ether oxygens (including phenoxy) is 2. The van der Waals surface area contributed by atoms with E-state index in [1.165, 1.54) is 16.0 Å². The van der Waals surface area contributed by atoms with Gasteiger partial charge in [0.2, 0.25) is 0 Å². The van der Waals surface area contributed by atoms with Crippen LogP contribution in [0.2, 0.25) is 0 Å². The van der Waals surface area contributed by atoms with Crippen LogP contribution in [0.4, 0.5) is 0 Å². The molecule has 112 valence electrons. The lowest BCUT2D eigenvalue weighted by molar-refractivity contribution is 0.1000. The van der Waals surface area contributed by atoms with E-state index in [-0.39, 0.29) is 0 Å². The number of aryl methyl sites for hydroxylation is 1. The molecule has 0 aromatic heterocycles. The average Bonchev–Trinajstić information content (AvgIpc) is 2.47. The molecule has 0 radical (unpaired) electrons. The number of hydrogen-bond donors (Lipinski definition) is 1. The van der Waals surface area contributed by atoms with Crippen LogP contribution < -0.4 is 5.32 Å². The predicted molar refractivity (Wildman–Crippen MR) is 84.5 cm³/mol. The molecule has 0 atom stereocenters. The molecule has 1 aromatic carbocycles. The number of rotatable bonds is 7. The van der Waals surface area contributed by atoms with Gasteiger partial charge in [-0.2, -0.15) is 0 Å². The molecule has 1 aliphatic rings. The van der Waals surface area contributed by atoms with Crippen molar-refractivity contribution in [1.82, 2.24) is 5.32 Å². The molecule has 0 bridgehead atoms. The number of hydrogen-bond acceptors (Lipinski definition) is 4. The van der Waals surface area contributed by atoms with Gasteiger partial charge >= 0.3 is 0 Å². The maximum atomic E-state index is 5.44. The number of methoxy groups -OCH3 is 1. The molecular formula is C16H25NO2S. The lowest BCUT2D eigenvalue weighted by Gasteiger charge is -2.23. The summed E-state index contributed by atoms with van der Waals surface area (Å²) in [4.78, 5) is 1.41. The largest absolute Gasteiger partial charge is 0.383 e. The minimum Gasteiger partial charge on any atom is -0.383 e. The van der Waals surface area contributed by atoms with Crippen LogP contribution >= 0.6 is 11.8 Å². The number of benzene rings is 1. The van der Waals surface area contributed by atoms with E-state index < -0.39 is 0 Å². The Morgan fingerprint density at radius 3 is 2.90 bits per heavy atom. The van der Waals surface area contributed by atoms with Crippen LogP contribution in [0.1, 0.15) is 24.0 Å². The van der Waals surface area contributed by atoms with Crippen molar-refractivity contribution in [2.45, 2.75) is 36.5 Å². The van der Waals surface area contributed by atoms with Gasteiger partial charge in [0.25, 0.3) is 0 Å². The second-order valence-electron chi connectivity index (χ2n) is 5.21. The molecule has 1 N–H and O–H groups in total. The van der Waals surface area contributed by atoms with E-state index in [0.717, 1.165) is 45.8 Å². The van der Waals surface area contributed by atoms with Gasteiger partial charge in [-0.3, -0.25) is 0 Å². The summed E-state index contributed by atoms with van der Waals surface area (Å²) >= 11 is 2.01. The van der Waals surface area contributed by atoms with Crippen molar-refractivity contribution < 1.29 is 9.47 Å². The van der Waals surface area contributed by atoms with Crippen molar-refractivity contribution in [3.63, 3.8) is 0 Å². The van der Waals surface area contributed by atoms with Crippen molar-refractivity contribution in [2.75, 3.05) is 33.5 Å². The first-order chi connectivity index (χ1) is 9.79. The normalized spacial score (nSPS) is 16.5. The van der Waals surface area contributed by atoms with Crippen LogP contribution in [0.15, 0.2) is 23.1 Å². The Hall–Kier alpha value is -0.550. The fourth-order valence-electron chi connectivity index (χ4n) is 2.33. The molecule has 1 aliphatic heterocycles. The van der Waals surface area contributed by atoms with Gasteiger partial charge in [0.15, 0.2) is 0 Å². The zero-order valence-corrected chi connectivity index (χ0v) is 13.3. The van der Waals surface area contributed by atoms with Gasteiger partial charge in [0.1, 0.15) is 0 Å².